The first kappa shape index (κ1) is 15.7. The molecule has 1 heterocycles. The summed E-state index contributed by atoms with van der Waals surface area (Å²) in [4.78, 5) is 25.0. The summed E-state index contributed by atoms with van der Waals surface area (Å²) in [6.45, 7) is 2.05. The van der Waals surface area contributed by atoms with E-state index >= 15 is 0 Å². The molecular weight excluding hydrogens is 354 g/mol. The molecule has 2 aromatic rings. The van der Waals surface area contributed by atoms with Crippen molar-refractivity contribution in [2.75, 3.05) is 11.4 Å². The van der Waals surface area contributed by atoms with Gasteiger partial charge in [-0.05, 0) is 40.5 Å². The van der Waals surface area contributed by atoms with Crippen LogP contribution in [-0.4, -0.2) is 23.5 Å². The van der Waals surface area contributed by atoms with Gasteiger partial charge in [0.15, 0.2) is 0 Å². The van der Waals surface area contributed by atoms with Gasteiger partial charge in [-0.1, -0.05) is 18.2 Å². The average molecular weight is 368 g/mol. The van der Waals surface area contributed by atoms with Crippen molar-refractivity contribution in [3.63, 3.8) is 0 Å². The summed E-state index contributed by atoms with van der Waals surface area (Å²) in [6.07, 6.45) is -0.0919. The number of carbonyl (C=O) groups excluding carboxylic acids is 1. The monoisotopic (exact) mass is 367 g/mol. The highest BCUT2D eigenvalue weighted by Crippen LogP contribution is 2.26. The van der Waals surface area contributed by atoms with Gasteiger partial charge in [-0.3, -0.25) is 9.59 Å². The normalized spacial score (nSPS) is 10.4. The standard InChI is InChI=1S/C15H14BrNO3S/c1-10-4-2-3-5-12(10)17(7-6-14(18)19)15(20)11-8-13(16)21-9-11/h2-5,8-9H,6-7H2,1H3,(H,18,19). The number of benzene rings is 1. The minimum Gasteiger partial charge on any atom is -0.481 e. The molecule has 0 atom stereocenters. The van der Waals surface area contributed by atoms with Crippen LogP contribution >= 0.6 is 27.3 Å². The van der Waals surface area contributed by atoms with Gasteiger partial charge in [0.25, 0.3) is 5.91 Å². The van der Waals surface area contributed by atoms with Crippen molar-refractivity contribution in [2.24, 2.45) is 0 Å². The molecule has 0 aliphatic rings. The molecule has 0 saturated heterocycles. The van der Waals surface area contributed by atoms with Crippen LogP contribution < -0.4 is 4.90 Å². The molecule has 0 unspecified atom stereocenters. The molecular formula is C15H14BrNO3S. The highest BCUT2D eigenvalue weighted by Gasteiger charge is 2.20. The second kappa shape index (κ2) is 6.87. The van der Waals surface area contributed by atoms with Gasteiger partial charge in [-0.15, -0.1) is 11.3 Å². The molecule has 6 heteroatoms. The second-order valence-corrected chi connectivity index (χ2v) is 6.82. The van der Waals surface area contributed by atoms with Crippen LogP contribution in [0.15, 0.2) is 39.5 Å². The Morgan fingerprint density at radius 3 is 2.62 bits per heavy atom. The number of anilines is 1. The number of carbonyl (C=O) groups is 2. The van der Waals surface area contributed by atoms with Gasteiger partial charge < -0.3 is 10.0 Å². The molecule has 1 aromatic heterocycles. The minimum absolute atomic E-state index is 0.0919. The fourth-order valence-corrected chi connectivity index (χ4v) is 3.11. The third-order valence-corrected chi connectivity index (χ3v) is 4.52. The Morgan fingerprint density at radius 1 is 1.33 bits per heavy atom. The number of carboxylic acid groups (broad SMARTS) is 1. The molecule has 0 fully saturated rings. The molecule has 0 radical (unpaired) electrons. The number of nitrogens with zero attached hydrogens (tertiary/aromatic N) is 1. The number of hydrogen-bond acceptors (Lipinski definition) is 3. The summed E-state index contributed by atoms with van der Waals surface area (Å²) in [5.74, 6) is -1.11. The number of thiophene rings is 1. The lowest BCUT2D eigenvalue weighted by atomic mass is 10.1. The summed E-state index contributed by atoms with van der Waals surface area (Å²) in [5.41, 5.74) is 2.23. The molecule has 1 amide bonds. The third-order valence-electron chi connectivity index (χ3n) is 3.02. The van der Waals surface area contributed by atoms with Gasteiger partial charge in [0, 0.05) is 17.6 Å². The van der Waals surface area contributed by atoms with Gasteiger partial charge in [0.05, 0.1) is 15.8 Å². The van der Waals surface area contributed by atoms with Gasteiger partial charge >= 0.3 is 5.97 Å². The fourth-order valence-electron chi connectivity index (χ4n) is 1.98. The van der Waals surface area contributed by atoms with E-state index in [1.807, 2.05) is 31.2 Å². The molecule has 0 spiro atoms. The summed E-state index contributed by atoms with van der Waals surface area (Å²) in [5, 5.41) is 10.7. The molecule has 0 aliphatic heterocycles. The number of para-hydroxylation sites is 1. The quantitative estimate of drug-likeness (QED) is 0.870. The van der Waals surface area contributed by atoms with E-state index in [1.54, 1.807) is 11.4 Å². The summed E-state index contributed by atoms with van der Waals surface area (Å²) in [7, 11) is 0. The molecule has 0 aliphatic carbocycles. The van der Waals surface area contributed by atoms with Crippen molar-refractivity contribution < 1.29 is 14.7 Å². The van der Waals surface area contributed by atoms with E-state index in [9.17, 15) is 9.59 Å². The van der Waals surface area contributed by atoms with Gasteiger partial charge in [0.1, 0.15) is 0 Å². The van der Waals surface area contributed by atoms with Crippen molar-refractivity contribution in [1.29, 1.82) is 0 Å². The van der Waals surface area contributed by atoms with Crippen molar-refractivity contribution >= 4 is 44.8 Å². The Bertz CT molecular complexity index is 668. The Morgan fingerprint density at radius 2 is 2.05 bits per heavy atom. The Balaban J connectivity index is 2.34. The molecule has 2 rings (SSSR count). The Kier molecular flexibility index (Phi) is 5.14. The number of aryl methyl sites for hydroxylation is 1. The van der Waals surface area contributed by atoms with Crippen LogP contribution in [-0.2, 0) is 4.79 Å². The first-order valence-corrected chi connectivity index (χ1v) is 7.99. The van der Waals surface area contributed by atoms with E-state index < -0.39 is 5.97 Å². The zero-order valence-corrected chi connectivity index (χ0v) is 13.8. The zero-order valence-electron chi connectivity index (χ0n) is 11.4. The predicted molar refractivity (Wildman–Crippen MR) is 87.1 cm³/mol. The van der Waals surface area contributed by atoms with Crippen molar-refractivity contribution in [3.8, 4) is 0 Å². The largest absolute Gasteiger partial charge is 0.481 e. The van der Waals surface area contributed by atoms with Crippen molar-refractivity contribution in [3.05, 3.63) is 50.6 Å². The number of aliphatic carboxylic acids is 1. The number of amides is 1. The van der Waals surface area contributed by atoms with Crippen LogP contribution in [0.2, 0.25) is 0 Å². The molecule has 1 N–H and O–H groups in total. The molecule has 0 saturated carbocycles. The third kappa shape index (κ3) is 3.92. The molecule has 1 aromatic carbocycles. The summed E-state index contributed by atoms with van der Waals surface area (Å²) >= 11 is 4.76. The minimum atomic E-state index is -0.923. The van der Waals surface area contributed by atoms with E-state index in [0.717, 1.165) is 15.0 Å². The topological polar surface area (TPSA) is 57.6 Å². The van der Waals surface area contributed by atoms with Crippen LogP contribution in [0.3, 0.4) is 0 Å². The number of halogens is 1. The fraction of sp³-hybridized carbons (Fsp3) is 0.200. The smallest absolute Gasteiger partial charge is 0.305 e. The SMILES string of the molecule is Cc1ccccc1N(CCC(=O)O)C(=O)c1csc(Br)c1. The van der Waals surface area contributed by atoms with Crippen LogP contribution in [0.4, 0.5) is 5.69 Å². The lowest BCUT2D eigenvalue weighted by Crippen LogP contribution is -2.33. The van der Waals surface area contributed by atoms with Crippen LogP contribution in [0.1, 0.15) is 22.3 Å². The van der Waals surface area contributed by atoms with E-state index in [2.05, 4.69) is 15.9 Å². The first-order chi connectivity index (χ1) is 9.99. The number of rotatable bonds is 5. The maximum Gasteiger partial charge on any atom is 0.305 e. The summed E-state index contributed by atoms with van der Waals surface area (Å²) in [6, 6.07) is 9.21. The highest BCUT2D eigenvalue weighted by atomic mass is 79.9. The van der Waals surface area contributed by atoms with Crippen molar-refractivity contribution in [2.45, 2.75) is 13.3 Å². The lowest BCUT2D eigenvalue weighted by Gasteiger charge is -2.23. The number of carboxylic acids is 1. The molecule has 0 bridgehead atoms. The van der Waals surface area contributed by atoms with Gasteiger partial charge in [-0.25, -0.2) is 0 Å². The predicted octanol–water partition coefficient (Wildman–Crippen LogP) is 3.94. The average Bonchev–Trinajstić information content (AvgIpc) is 2.87. The van der Waals surface area contributed by atoms with E-state index in [4.69, 9.17) is 5.11 Å². The van der Waals surface area contributed by atoms with Gasteiger partial charge in [0.2, 0.25) is 0 Å². The van der Waals surface area contributed by atoms with Crippen molar-refractivity contribution in [1.82, 2.24) is 0 Å². The molecule has 21 heavy (non-hydrogen) atoms. The van der Waals surface area contributed by atoms with Crippen LogP contribution in [0, 0.1) is 6.92 Å². The Labute approximate surface area is 135 Å². The first-order valence-electron chi connectivity index (χ1n) is 6.32. The van der Waals surface area contributed by atoms with Crippen LogP contribution in [0.25, 0.3) is 0 Å². The maximum atomic E-state index is 12.6. The lowest BCUT2D eigenvalue weighted by molar-refractivity contribution is -0.136. The highest BCUT2D eigenvalue weighted by molar-refractivity contribution is 9.11. The second-order valence-electron chi connectivity index (χ2n) is 4.53. The maximum absolute atomic E-state index is 12.6. The van der Waals surface area contributed by atoms with E-state index in [-0.39, 0.29) is 18.9 Å². The summed E-state index contributed by atoms with van der Waals surface area (Å²) < 4.78 is 0.869. The zero-order chi connectivity index (χ0) is 15.4. The Hall–Kier alpha value is -1.66. The van der Waals surface area contributed by atoms with Crippen LogP contribution in [0.5, 0.6) is 0 Å². The number of hydrogen-bond donors (Lipinski definition) is 1. The molecule has 4 nitrogen and oxygen atoms in total. The van der Waals surface area contributed by atoms with Gasteiger partial charge in [-0.2, -0.15) is 0 Å². The van der Waals surface area contributed by atoms with E-state index in [0.29, 0.717) is 5.56 Å². The van der Waals surface area contributed by atoms with E-state index in [1.165, 1.54) is 16.2 Å². The molecule has 110 valence electrons.